The van der Waals surface area contributed by atoms with Crippen LogP contribution in [0, 0.1) is 13.8 Å². The summed E-state index contributed by atoms with van der Waals surface area (Å²) >= 11 is 0. The summed E-state index contributed by atoms with van der Waals surface area (Å²) in [6, 6.07) is 11.9. The van der Waals surface area contributed by atoms with Gasteiger partial charge in [0.25, 0.3) is 5.91 Å². The molecule has 0 atom stereocenters. The average Bonchev–Trinajstić information content (AvgIpc) is 3.24. The second-order valence-electron chi connectivity index (χ2n) is 6.12. The summed E-state index contributed by atoms with van der Waals surface area (Å²) in [5.74, 6) is 0.568. The van der Waals surface area contributed by atoms with Crippen LogP contribution in [0.15, 0.2) is 53.1 Å². The molecule has 0 saturated carbocycles. The van der Waals surface area contributed by atoms with Gasteiger partial charge in [-0.1, -0.05) is 18.2 Å². The molecule has 7 heteroatoms. The Labute approximate surface area is 155 Å². The Morgan fingerprint density at radius 3 is 2.70 bits per heavy atom. The topological polar surface area (TPSA) is 56.4 Å². The highest BCUT2D eigenvalue weighted by atomic mass is 19.3. The van der Waals surface area contributed by atoms with Crippen LogP contribution in [-0.4, -0.2) is 17.1 Å². The number of hydrogen-bond donors (Lipinski definition) is 1. The van der Waals surface area contributed by atoms with E-state index in [1.807, 2.05) is 30.5 Å². The van der Waals surface area contributed by atoms with Crippen LogP contribution in [0.25, 0.3) is 0 Å². The number of benzene rings is 1. The third kappa shape index (κ3) is 4.36. The zero-order valence-electron chi connectivity index (χ0n) is 15.0. The minimum absolute atomic E-state index is 0.0519. The minimum Gasteiger partial charge on any atom is -0.467 e. The minimum atomic E-state index is -2.91. The summed E-state index contributed by atoms with van der Waals surface area (Å²) in [7, 11) is 0. The third-order valence-electron chi connectivity index (χ3n) is 4.34. The molecule has 2 aromatic heterocycles. The molecule has 0 radical (unpaired) electrons. The molecule has 2 heterocycles. The van der Waals surface area contributed by atoms with E-state index in [9.17, 15) is 13.6 Å². The summed E-state index contributed by atoms with van der Waals surface area (Å²) in [6.45, 7) is 1.48. The molecule has 142 valence electrons. The number of aromatic nitrogens is 1. The van der Waals surface area contributed by atoms with Gasteiger partial charge in [-0.3, -0.25) is 4.79 Å². The number of nitrogens with zero attached hydrogens (tertiary/aromatic N) is 1. The van der Waals surface area contributed by atoms with E-state index in [0.717, 1.165) is 17.1 Å². The van der Waals surface area contributed by atoms with Crippen molar-refractivity contribution in [3.63, 3.8) is 0 Å². The first-order chi connectivity index (χ1) is 13.0. The number of alkyl halides is 2. The van der Waals surface area contributed by atoms with E-state index in [1.165, 1.54) is 6.07 Å². The number of amides is 1. The van der Waals surface area contributed by atoms with E-state index < -0.39 is 6.61 Å². The molecule has 1 amide bonds. The fourth-order valence-electron chi connectivity index (χ4n) is 2.96. The van der Waals surface area contributed by atoms with Crippen LogP contribution < -0.4 is 10.1 Å². The Hall–Kier alpha value is -3.09. The number of para-hydroxylation sites is 1. The molecule has 0 bridgehead atoms. The van der Waals surface area contributed by atoms with Crippen molar-refractivity contribution in [3.05, 3.63) is 77.0 Å². The van der Waals surface area contributed by atoms with Crippen molar-refractivity contribution in [3.8, 4) is 5.75 Å². The normalized spacial score (nSPS) is 11.0. The quantitative estimate of drug-likeness (QED) is 0.672. The van der Waals surface area contributed by atoms with E-state index in [2.05, 4.69) is 10.1 Å². The van der Waals surface area contributed by atoms with Gasteiger partial charge in [0.15, 0.2) is 0 Å². The Bertz CT molecular complexity index is 917. The summed E-state index contributed by atoms with van der Waals surface area (Å²) in [4.78, 5) is 12.6. The summed E-state index contributed by atoms with van der Waals surface area (Å²) in [5, 5.41) is 2.77. The fourth-order valence-corrected chi connectivity index (χ4v) is 2.96. The molecule has 0 fully saturated rings. The van der Waals surface area contributed by atoms with Gasteiger partial charge in [0.2, 0.25) is 0 Å². The Balaban J connectivity index is 1.72. The zero-order valence-corrected chi connectivity index (χ0v) is 15.0. The lowest BCUT2D eigenvalue weighted by atomic mass is 10.2. The van der Waals surface area contributed by atoms with Gasteiger partial charge in [-0.05, 0) is 38.1 Å². The standard InChI is InChI=1S/C20H20F2N2O3/c1-13-10-17(14(2)24(13)12-16-7-5-9-26-16)19(25)23-11-15-6-3-4-8-18(15)27-20(21)22/h3-10,20H,11-12H2,1-2H3,(H,23,25). The van der Waals surface area contributed by atoms with E-state index in [-0.39, 0.29) is 18.2 Å². The highest BCUT2D eigenvalue weighted by Gasteiger charge is 2.17. The first-order valence-electron chi connectivity index (χ1n) is 8.45. The van der Waals surface area contributed by atoms with Gasteiger partial charge in [-0.25, -0.2) is 0 Å². The molecule has 27 heavy (non-hydrogen) atoms. The van der Waals surface area contributed by atoms with Crippen molar-refractivity contribution >= 4 is 5.91 Å². The lowest BCUT2D eigenvalue weighted by Gasteiger charge is -2.12. The lowest BCUT2D eigenvalue weighted by molar-refractivity contribution is -0.0504. The molecule has 0 unspecified atom stereocenters. The van der Waals surface area contributed by atoms with Crippen molar-refractivity contribution < 1.29 is 22.7 Å². The van der Waals surface area contributed by atoms with E-state index in [0.29, 0.717) is 17.7 Å². The SMILES string of the molecule is Cc1cc(C(=O)NCc2ccccc2OC(F)F)c(C)n1Cc1ccco1. The molecule has 3 rings (SSSR count). The van der Waals surface area contributed by atoms with Gasteiger partial charge in [0, 0.05) is 23.5 Å². The second-order valence-corrected chi connectivity index (χ2v) is 6.12. The molecular weight excluding hydrogens is 354 g/mol. The molecule has 5 nitrogen and oxygen atoms in total. The van der Waals surface area contributed by atoms with Gasteiger partial charge in [0.1, 0.15) is 11.5 Å². The molecular formula is C20H20F2N2O3. The highest BCUT2D eigenvalue weighted by molar-refractivity contribution is 5.95. The number of nitrogens with one attached hydrogen (secondary N) is 1. The van der Waals surface area contributed by atoms with Gasteiger partial charge >= 0.3 is 6.61 Å². The molecule has 3 aromatic rings. The van der Waals surface area contributed by atoms with Crippen molar-refractivity contribution in [2.75, 3.05) is 0 Å². The molecule has 1 N–H and O–H groups in total. The zero-order chi connectivity index (χ0) is 19.4. The Morgan fingerprint density at radius 1 is 1.22 bits per heavy atom. The van der Waals surface area contributed by atoms with Crippen molar-refractivity contribution in [2.24, 2.45) is 0 Å². The maximum Gasteiger partial charge on any atom is 0.387 e. The molecule has 1 aromatic carbocycles. The highest BCUT2D eigenvalue weighted by Crippen LogP contribution is 2.21. The first-order valence-corrected chi connectivity index (χ1v) is 8.45. The number of rotatable bonds is 7. The Kier molecular flexibility index (Phi) is 5.59. The number of aryl methyl sites for hydroxylation is 1. The number of carbonyl (C=O) groups is 1. The second kappa shape index (κ2) is 8.07. The van der Waals surface area contributed by atoms with E-state index in [1.54, 1.807) is 30.5 Å². The van der Waals surface area contributed by atoms with Crippen molar-refractivity contribution in [2.45, 2.75) is 33.5 Å². The van der Waals surface area contributed by atoms with Crippen LogP contribution in [0.4, 0.5) is 8.78 Å². The molecule has 0 aliphatic carbocycles. The number of halogens is 2. The summed E-state index contributed by atoms with van der Waals surface area (Å²) in [5.41, 5.74) is 2.75. The number of carbonyl (C=O) groups excluding carboxylic acids is 1. The molecule has 0 aliphatic heterocycles. The predicted octanol–water partition coefficient (Wildman–Crippen LogP) is 4.28. The smallest absolute Gasteiger partial charge is 0.387 e. The predicted molar refractivity (Wildman–Crippen MR) is 96.0 cm³/mol. The number of furan rings is 1. The van der Waals surface area contributed by atoms with Crippen LogP contribution in [0.5, 0.6) is 5.75 Å². The summed E-state index contributed by atoms with van der Waals surface area (Å²) < 4.78 is 36.8. The van der Waals surface area contributed by atoms with E-state index >= 15 is 0 Å². The van der Waals surface area contributed by atoms with Crippen molar-refractivity contribution in [1.29, 1.82) is 0 Å². The number of hydrogen-bond acceptors (Lipinski definition) is 3. The van der Waals surface area contributed by atoms with Gasteiger partial charge in [-0.15, -0.1) is 0 Å². The van der Waals surface area contributed by atoms with Gasteiger partial charge in [0.05, 0.1) is 18.4 Å². The maximum absolute atomic E-state index is 12.6. The molecule has 0 saturated heterocycles. The third-order valence-corrected chi connectivity index (χ3v) is 4.34. The van der Waals surface area contributed by atoms with Crippen LogP contribution in [-0.2, 0) is 13.1 Å². The largest absolute Gasteiger partial charge is 0.467 e. The molecule has 0 spiro atoms. The first kappa shape index (κ1) is 18.7. The molecule has 0 aliphatic rings. The number of ether oxygens (including phenoxy) is 1. The van der Waals surface area contributed by atoms with Crippen LogP contribution in [0.3, 0.4) is 0 Å². The van der Waals surface area contributed by atoms with E-state index in [4.69, 9.17) is 4.42 Å². The van der Waals surface area contributed by atoms with Crippen LogP contribution in [0.2, 0.25) is 0 Å². The lowest BCUT2D eigenvalue weighted by Crippen LogP contribution is -2.24. The monoisotopic (exact) mass is 374 g/mol. The average molecular weight is 374 g/mol. The maximum atomic E-state index is 12.6. The van der Waals surface area contributed by atoms with Gasteiger partial charge in [-0.2, -0.15) is 8.78 Å². The van der Waals surface area contributed by atoms with Crippen LogP contribution >= 0.6 is 0 Å². The van der Waals surface area contributed by atoms with Crippen molar-refractivity contribution in [1.82, 2.24) is 9.88 Å². The Morgan fingerprint density at radius 2 is 2.00 bits per heavy atom. The van der Waals surface area contributed by atoms with Crippen LogP contribution in [0.1, 0.15) is 33.1 Å². The summed E-state index contributed by atoms with van der Waals surface area (Å²) in [6.07, 6.45) is 1.61. The van der Waals surface area contributed by atoms with Gasteiger partial charge < -0.3 is 19.0 Å². The fraction of sp³-hybridized carbons (Fsp3) is 0.250.